The van der Waals surface area contributed by atoms with Gasteiger partial charge in [-0.05, 0) is 59.0 Å². The molecule has 33 heavy (non-hydrogen) atoms. The molecule has 1 aliphatic rings. The second-order valence-electron chi connectivity index (χ2n) is 7.59. The molecule has 0 saturated heterocycles. The summed E-state index contributed by atoms with van der Waals surface area (Å²) < 4.78 is 39.3. The zero-order valence-corrected chi connectivity index (χ0v) is 19.2. The number of rotatable bonds is 6. The van der Waals surface area contributed by atoms with Gasteiger partial charge in [0.25, 0.3) is 15.9 Å². The van der Waals surface area contributed by atoms with Crippen LogP contribution in [0.5, 0.6) is 11.5 Å². The molecule has 0 radical (unpaired) electrons. The second-order valence-corrected chi connectivity index (χ2v) is 10.4. The average molecular weight is 481 g/mol. The van der Waals surface area contributed by atoms with Crippen LogP contribution in [0.2, 0.25) is 0 Å². The lowest BCUT2D eigenvalue weighted by Crippen LogP contribution is -2.28. The van der Waals surface area contributed by atoms with E-state index in [1.807, 2.05) is 43.3 Å². The van der Waals surface area contributed by atoms with E-state index in [0.29, 0.717) is 11.5 Å². The van der Waals surface area contributed by atoms with E-state index in [1.165, 1.54) is 6.07 Å². The third-order valence-electron chi connectivity index (χ3n) is 5.38. The van der Waals surface area contributed by atoms with Crippen molar-refractivity contribution in [2.45, 2.75) is 17.2 Å². The van der Waals surface area contributed by atoms with Crippen molar-refractivity contribution in [2.24, 2.45) is 0 Å². The van der Waals surface area contributed by atoms with Gasteiger partial charge in [0, 0.05) is 0 Å². The summed E-state index contributed by atoms with van der Waals surface area (Å²) in [6.45, 7) is 2.02. The lowest BCUT2D eigenvalue weighted by Gasteiger charge is -2.18. The molecule has 168 valence electrons. The fourth-order valence-corrected chi connectivity index (χ4v) is 5.73. The number of fused-ring (bicyclic) bond motifs is 2. The highest BCUT2D eigenvalue weighted by atomic mass is 32.2. The molecule has 1 aliphatic heterocycles. The predicted molar refractivity (Wildman–Crippen MR) is 128 cm³/mol. The van der Waals surface area contributed by atoms with Crippen molar-refractivity contribution in [3.63, 3.8) is 0 Å². The van der Waals surface area contributed by atoms with E-state index in [4.69, 9.17) is 9.47 Å². The first-order valence-corrected chi connectivity index (χ1v) is 12.6. The third kappa shape index (κ3) is 4.24. The van der Waals surface area contributed by atoms with Crippen LogP contribution >= 0.6 is 11.3 Å². The Hall–Kier alpha value is -3.56. The Morgan fingerprint density at radius 2 is 1.73 bits per heavy atom. The highest BCUT2D eigenvalue weighted by molar-refractivity contribution is 7.94. The van der Waals surface area contributed by atoms with Crippen molar-refractivity contribution >= 4 is 43.7 Å². The van der Waals surface area contributed by atoms with Crippen LogP contribution in [-0.2, 0) is 10.0 Å². The average Bonchev–Trinajstić information content (AvgIpc) is 3.50. The molecular formula is C24H20N2O5S2. The summed E-state index contributed by atoms with van der Waals surface area (Å²) in [6.07, 6.45) is 0. The summed E-state index contributed by atoms with van der Waals surface area (Å²) in [4.78, 5) is 13.3. The molecule has 1 atom stereocenters. The van der Waals surface area contributed by atoms with E-state index in [1.54, 1.807) is 29.6 Å². The molecule has 2 heterocycles. The molecule has 1 amide bonds. The Labute approximate surface area is 195 Å². The van der Waals surface area contributed by atoms with Gasteiger partial charge in [-0.1, -0.05) is 36.4 Å². The van der Waals surface area contributed by atoms with Crippen LogP contribution in [0.25, 0.3) is 10.8 Å². The largest absolute Gasteiger partial charge is 0.454 e. The third-order valence-corrected chi connectivity index (χ3v) is 8.14. The van der Waals surface area contributed by atoms with Crippen LogP contribution in [0.15, 0.2) is 76.3 Å². The molecule has 1 aromatic heterocycles. The Bertz CT molecular complexity index is 1450. The predicted octanol–water partition coefficient (Wildman–Crippen LogP) is 4.92. The highest BCUT2D eigenvalue weighted by Crippen LogP contribution is 2.34. The minimum absolute atomic E-state index is 0.171. The Morgan fingerprint density at radius 3 is 2.48 bits per heavy atom. The van der Waals surface area contributed by atoms with E-state index in [9.17, 15) is 13.2 Å². The monoisotopic (exact) mass is 480 g/mol. The maximum Gasteiger partial charge on any atom is 0.271 e. The minimum Gasteiger partial charge on any atom is -0.454 e. The van der Waals surface area contributed by atoms with Gasteiger partial charge < -0.3 is 14.8 Å². The summed E-state index contributed by atoms with van der Waals surface area (Å²) in [7, 11) is -3.82. The van der Waals surface area contributed by atoms with Crippen molar-refractivity contribution in [3.8, 4) is 11.5 Å². The van der Waals surface area contributed by atoms with Crippen LogP contribution in [0.3, 0.4) is 0 Å². The molecule has 0 bridgehead atoms. The van der Waals surface area contributed by atoms with Crippen LogP contribution < -0.4 is 19.5 Å². The number of carbonyl (C=O) groups excluding carboxylic acids is 1. The van der Waals surface area contributed by atoms with Gasteiger partial charge in [-0.15, -0.1) is 11.3 Å². The van der Waals surface area contributed by atoms with E-state index in [2.05, 4.69) is 10.0 Å². The quantitative estimate of drug-likeness (QED) is 0.409. The first kappa shape index (κ1) is 21.3. The number of nitrogens with one attached hydrogen (secondary N) is 2. The van der Waals surface area contributed by atoms with Crippen LogP contribution in [0.4, 0.5) is 5.69 Å². The summed E-state index contributed by atoms with van der Waals surface area (Å²) in [5.41, 5.74) is 1.30. The maximum absolute atomic E-state index is 13.3. The van der Waals surface area contributed by atoms with Crippen molar-refractivity contribution in [2.75, 3.05) is 11.5 Å². The molecule has 0 saturated carbocycles. The van der Waals surface area contributed by atoms with Gasteiger partial charge in [0.15, 0.2) is 11.5 Å². The first-order chi connectivity index (χ1) is 15.9. The first-order valence-electron chi connectivity index (χ1n) is 10.2. The fourth-order valence-electron chi connectivity index (χ4n) is 3.66. The van der Waals surface area contributed by atoms with Gasteiger partial charge in [0.1, 0.15) is 4.21 Å². The number of sulfonamides is 1. The van der Waals surface area contributed by atoms with E-state index in [0.717, 1.165) is 27.7 Å². The fraction of sp³-hybridized carbons (Fsp3) is 0.125. The molecule has 3 aromatic carbocycles. The van der Waals surface area contributed by atoms with Crippen molar-refractivity contribution in [1.82, 2.24) is 5.32 Å². The topological polar surface area (TPSA) is 93.7 Å². The smallest absolute Gasteiger partial charge is 0.271 e. The number of carbonyl (C=O) groups is 1. The lowest BCUT2D eigenvalue weighted by atomic mass is 10.0. The molecule has 7 nitrogen and oxygen atoms in total. The zero-order chi connectivity index (χ0) is 23.0. The van der Waals surface area contributed by atoms with Gasteiger partial charge in [-0.3, -0.25) is 9.52 Å². The minimum atomic E-state index is -3.82. The van der Waals surface area contributed by atoms with Gasteiger partial charge in [-0.25, -0.2) is 8.42 Å². The number of amides is 1. The summed E-state index contributed by atoms with van der Waals surface area (Å²) in [5.74, 6) is 0.899. The standard InChI is InChI=1S/C24H20N2O5S2/c1-15(16-8-9-21-22(13-16)31-14-30-21)25-24(27)19-11-17-5-2-3-6-18(17)12-20(19)26-33(28,29)23-7-4-10-32-23/h2-13,15,26H,14H2,1H3,(H,25,27). The van der Waals surface area contributed by atoms with E-state index in [-0.39, 0.29) is 28.3 Å². The summed E-state index contributed by atoms with van der Waals surface area (Å²) in [5, 5.41) is 6.30. The Kier molecular flexibility index (Phi) is 5.43. The lowest BCUT2D eigenvalue weighted by molar-refractivity contribution is 0.0941. The number of hydrogen-bond donors (Lipinski definition) is 2. The summed E-state index contributed by atoms with van der Waals surface area (Å²) >= 11 is 1.11. The molecule has 1 unspecified atom stereocenters. The molecule has 9 heteroatoms. The number of anilines is 1. The molecule has 4 aromatic rings. The number of thiophene rings is 1. The van der Waals surface area contributed by atoms with Crippen molar-refractivity contribution < 1.29 is 22.7 Å². The van der Waals surface area contributed by atoms with Crippen molar-refractivity contribution in [1.29, 1.82) is 0 Å². The maximum atomic E-state index is 13.3. The molecule has 2 N–H and O–H groups in total. The number of ether oxygens (including phenoxy) is 2. The normalized spacial score (nSPS) is 13.6. The molecule has 0 fully saturated rings. The zero-order valence-electron chi connectivity index (χ0n) is 17.6. The van der Waals surface area contributed by atoms with Gasteiger partial charge in [0.2, 0.25) is 6.79 Å². The van der Waals surface area contributed by atoms with Gasteiger partial charge in [0.05, 0.1) is 17.3 Å². The molecule has 5 rings (SSSR count). The van der Waals surface area contributed by atoms with Crippen molar-refractivity contribution in [3.05, 3.63) is 83.2 Å². The van der Waals surface area contributed by atoms with E-state index < -0.39 is 15.9 Å². The van der Waals surface area contributed by atoms with E-state index >= 15 is 0 Å². The Morgan fingerprint density at radius 1 is 0.970 bits per heavy atom. The SMILES string of the molecule is CC(NC(=O)c1cc2ccccc2cc1NS(=O)(=O)c1cccs1)c1ccc2c(c1)OCO2. The second kappa shape index (κ2) is 8.42. The van der Waals surface area contributed by atoms with Crippen LogP contribution in [-0.4, -0.2) is 21.1 Å². The Balaban J connectivity index is 1.48. The van der Waals surface area contributed by atoms with Gasteiger partial charge in [-0.2, -0.15) is 0 Å². The highest BCUT2D eigenvalue weighted by Gasteiger charge is 2.22. The van der Waals surface area contributed by atoms with Crippen LogP contribution in [0, 0.1) is 0 Å². The molecule has 0 spiro atoms. The van der Waals surface area contributed by atoms with Gasteiger partial charge >= 0.3 is 0 Å². The molecule has 0 aliphatic carbocycles. The number of benzene rings is 3. The molecular weight excluding hydrogens is 460 g/mol. The van der Waals surface area contributed by atoms with Crippen LogP contribution in [0.1, 0.15) is 28.9 Å². The summed E-state index contributed by atoms with van der Waals surface area (Å²) in [6, 6.07) is 19.2. The number of hydrogen-bond acceptors (Lipinski definition) is 6.